The summed E-state index contributed by atoms with van der Waals surface area (Å²) in [6.07, 6.45) is 0.749. The average molecular weight is 439 g/mol. The number of carbonyl (C=O) groups is 1. The van der Waals surface area contributed by atoms with Crippen LogP contribution >= 0.6 is 11.8 Å². The molecule has 7 heteroatoms. The monoisotopic (exact) mass is 438 g/mol. The van der Waals surface area contributed by atoms with Gasteiger partial charge in [-0.25, -0.2) is 0 Å². The van der Waals surface area contributed by atoms with E-state index in [1.54, 1.807) is 0 Å². The molecule has 0 fully saturated rings. The minimum atomic E-state index is -0.249. The number of ether oxygens (including phenoxy) is 1. The molecular weight excluding hydrogens is 408 g/mol. The van der Waals surface area contributed by atoms with Gasteiger partial charge in [0.1, 0.15) is 5.75 Å². The average Bonchev–Trinajstić information content (AvgIpc) is 3.22. The third-order valence-corrected chi connectivity index (χ3v) is 6.05. The van der Waals surface area contributed by atoms with Crippen molar-refractivity contribution in [2.75, 3.05) is 5.75 Å². The van der Waals surface area contributed by atoms with Crippen LogP contribution in [0.4, 0.5) is 0 Å². The molecule has 0 spiro atoms. The maximum Gasteiger partial charge on any atom is 0.230 e. The van der Waals surface area contributed by atoms with E-state index in [0.717, 1.165) is 28.7 Å². The van der Waals surface area contributed by atoms with E-state index >= 15 is 0 Å². The molecule has 3 aromatic rings. The molecule has 1 heterocycles. The van der Waals surface area contributed by atoms with Gasteiger partial charge in [-0.15, -0.1) is 10.2 Å². The molecule has 2 atom stereocenters. The van der Waals surface area contributed by atoms with Gasteiger partial charge in [0, 0.05) is 6.54 Å². The van der Waals surface area contributed by atoms with Crippen LogP contribution < -0.4 is 10.1 Å². The van der Waals surface area contributed by atoms with Gasteiger partial charge in [0.2, 0.25) is 5.91 Å². The molecule has 0 saturated heterocycles. The van der Waals surface area contributed by atoms with Crippen LogP contribution in [-0.2, 0) is 17.8 Å². The Kier molecular flexibility index (Phi) is 8.12. The van der Waals surface area contributed by atoms with Crippen molar-refractivity contribution in [1.82, 2.24) is 20.1 Å². The summed E-state index contributed by atoms with van der Waals surface area (Å²) in [5.74, 6) is 1.80. The van der Waals surface area contributed by atoms with Crippen molar-refractivity contribution < 1.29 is 9.53 Å². The zero-order valence-electron chi connectivity index (χ0n) is 18.5. The summed E-state index contributed by atoms with van der Waals surface area (Å²) in [7, 11) is 0. The lowest BCUT2D eigenvalue weighted by Gasteiger charge is -2.16. The zero-order valence-corrected chi connectivity index (χ0v) is 19.4. The minimum Gasteiger partial charge on any atom is -0.483 e. The van der Waals surface area contributed by atoms with Crippen molar-refractivity contribution in [3.8, 4) is 5.75 Å². The summed E-state index contributed by atoms with van der Waals surface area (Å²) in [5, 5.41) is 12.4. The lowest BCUT2D eigenvalue weighted by atomic mass is 10.1. The lowest BCUT2D eigenvalue weighted by Crippen LogP contribution is -2.28. The van der Waals surface area contributed by atoms with Crippen molar-refractivity contribution in [3.05, 3.63) is 71.5 Å². The van der Waals surface area contributed by atoms with Crippen LogP contribution in [0.25, 0.3) is 0 Å². The van der Waals surface area contributed by atoms with Crippen LogP contribution in [0.5, 0.6) is 5.75 Å². The van der Waals surface area contributed by atoms with E-state index in [4.69, 9.17) is 4.74 Å². The smallest absolute Gasteiger partial charge is 0.230 e. The third kappa shape index (κ3) is 6.10. The number of benzene rings is 2. The number of aryl methyl sites for hydroxylation is 1. The molecule has 3 rings (SSSR count). The number of hydrogen-bond donors (Lipinski definition) is 1. The van der Waals surface area contributed by atoms with E-state index in [1.165, 1.54) is 17.3 Å². The van der Waals surface area contributed by atoms with Gasteiger partial charge in [-0.3, -0.25) is 4.79 Å². The first-order valence-electron chi connectivity index (χ1n) is 10.7. The van der Waals surface area contributed by atoms with E-state index in [0.29, 0.717) is 6.54 Å². The number of thioether (sulfide) groups is 1. The molecule has 1 aromatic heterocycles. The van der Waals surface area contributed by atoms with E-state index in [2.05, 4.69) is 34.6 Å². The minimum absolute atomic E-state index is 0.0335. The van der Waals surface area contributed by atoms with Crippen molar-refractivity contribution in [3.63, 3.8) is 0 Å². The number of nitrogens with one attached hydrogen (secondary N) is 1. The predicted molar refractivity (Wildman–Crippen MR) is 124 cm³/mol. The molecule has 31 heavy (non-hydrogen) atoms. The molecular formula is C24H30N4O2S. The highest BCUT2D eigenvalue weighted by atomic mass is 32.2. The quantitative estimate of drug-likeness (QED) is 0.453. The number of nitrogens with zero attached hydrogens (tertiary/aromatic N) is 3. The van der Waals surface area contributed by atoms with E-state index in [-0.39, 0.29) is 23.8 Å². The fourth-order valence-corrected chi connectivity index (χ4v) is 4.12. The van der Waals surface area contributed by atoms with Gasteiger partial charge < -0.3 is 14.6 Å². The number of amides is 1. The Labute approximate surface area is 188 Å². The number of aromatic nitrogens is 3. The van der Waals surface area contributed by atoms with Crippen LogP contribution in [0, 0.1) is 0 Å². The molecule has 0 aliphatic heterocycles. The van der Waals surface area contributed by atoms with Crippen LogP contribution in [0.1, 0.15) is 56.8 Å². The molecule has 1 amide bonds. The Morgan fingerprint density at radius 3 is 2.42 bits per heavy atom. The maximum absolute atomic E-state index is 12.4. The molecule has 164 valence electrons. The van der Waals surface area contributed by atoms with Gasteiger partial charge in [-0.1, -0.05) is 61.2 Å². The third-order valence-electron chi connectivity index (χ3n) is 5.08. The molecule has 0 unspecified atom stereocenters. The molecule has 0 radical (unpaired) electrons. The molecule has 0 aliphatic rings. The van der Waals surface area contributed by atoms with Crippen molar-refractivity contribution in [2.24, 2.45) is 0 Å². The highest BCUT2D eigenvalue weighted by molar-refractivity contribution is 7.99. The normalized spacial score (nSPS) is 12.9. The maximum atomic E-state index is 12.4. The zero-order chi connectivity index (χ0) is 22.2. The van der Waals surface area contributed by atoms with Crippen LogP contribution in [0.3, 0.4) is 0 Å². The summed E-state index contributed by atoms with van der Waals surface area (Å²) in [5.41, 5.74) is 2.35. The van der Waals surface area contributed by atoms with E-state index in [9.17, 15) is 4.79 Å². The van der Waals surface area contributed by atoms with Crippen LogP contribution in [0.15, 0.2) is 59.8 Å². The second-order valence-corrected chi connectivity index (χ2v) is 8.27. The first-order chi connectivity index (χ1) is 15.0. The van der Waals surface area contributed by atoms with E-state index < -0.39 is 0 Å². The lowest BCUT2D eigenvalue weighted by molar-refractivity contribution is -0.119. The van der Waals surface area contributed by atoms with Gasteiger partial charge in [0.15, 0.2) is 17.1 Å². The Balaban J connectivity index is 1.59. The first-order valence-corrected chi connectivity index (χ1v) is 11.7. The van der Waals surface area contributed by atoms with Gasteiger partial charge >= 0.3 is 0 Å². The Bertz CT molecular complexity index is 973. The van der Waals surface area contributed by atoms with Gasteiger partial charge in [0.25, 0.3) is 0 Å². The number of carbonyl (C=O) groups excluding carboxylic acids is 1. The van der Waals surface area contributed by atoms with Crippen LogP contribution in [0.2, 0.25) is 0 Å². The molecule has 0 bridgehead atoms. The highest BCUT2D eigenvalue weighted by Crippen LogP contribution is 2.25. The highest BCUT2D eigenvalue weighted by Gasteiger charge is 2.20. The van der Waals surface area contributed by atoms with Crippen molar-refractivity contribution in [1.29, 1.82) is 0 Å². The Hall–Kier alpha value is -2.80. The SMILES string of the molecule is CCc1ccc(O[C@H](C)c2nnc(SCC(=O)N[C@H](C)c3ccccc3)n2CC)cc1. The topological polar surface area (TPSA) is 69.0 Å². The summed E-state index contributed by atoms with van der Waals surface area (Å²) in [6, 6.07) is 18.0. The van der Waals surface area contributed by atoms with Gasteiger partial charge in [-0.05, 0) is 50.5 Å². The molecule has 6 nitrogen and oxygen atoms in total. The second-order valence-electron chi connectivity index (χ2n) is 7.33. The van der Waals surface area contributed by atoms with Crippen LogP contribution in [-0.4, -0.2) is 26.4 Å². The molecule has 0 saturated carbocycles. The Morgan fingerprint density at radius 2 is 1.77 bits per heavy atom. The first kappa shape index (κ1) is 22.9. The van der Waals surface area contributed by atoms with Crippen molar-refractivity contribution >= 4 is 17.7 Å². The van der Waals surface area contributed by atoms with Gasteiger partial charge in [-0.2, -0.15) is 0 Å². The fraction of sp³-hybridized carbons (Fsp3) is 0.375. The number of rotatable bonds is 10. The summed E-state index contributed by atoms with van der Waals surface area (Å²) in [4.78, 5) is 12.4. The van der Waals surface area contributed by atoms with E-state index in [1.807, 2.05) is 67.8 Å². The largest absolute Gasteiger partial charge is 0.483 e. The van der Waals surface area contributed by atoms with Crippen molar-refractivity contribution in [2.45, 2.75) is 58.0 Å². The Morgan fingerprint density at radius 1 is 1.06 bits per heavy atom. The molecule has 2 aromatic carbocycles. The predicted octanol–water partition coefficient (Wildman–Crippen LogP) is 4.97. The molecule has 0 aliphatic carbocycles. The fourth-order valence-electron chi connectivity index (χ4n) is 3.30. The number of hydrogen-bond acceptors (Lipinski definition) is 5. The van der Waals surface area contributed by atoms with Gasteiger partial charge in [0.05, 0.1) is 11.8 Å². The standard InChI is InChI=1S/C24H30N4O2S/c1-5-19-12-14-21(15-13-19)30-18(4)23-26-27-24(28(23)6-2)31-16-22(29)25-17(3)20-10-8-7-9-11-20/h7-15,17-18H,5-6,16H2,1-4H3,(H,25,29)/t17-,18-/m1/s1. The summed E-state index contributed by atoms with van der Waals surface area (Å²) < 4.78 is 8.07. The summed E-state index contributed by atoms with van der Waals surface area (Å²) in [6.45, 7) is 8.82. The summed E-state index contributed by atoms with van der Waals surface area (Å²) >= 11 is 1.39. The molecule has 1 N–H and O–H groups in total. The second kappa shape index (κ2) is 11.0.